The van der Waals surface area contributed by atoms with Crippen LogP contribution in [0.25, 0.3) is 5.57 Å². The highest BCUT2D eigenvalue weighted by Crippen LogP contribution is 2.38. The van der Waals surface area contributed by atoms with Crippen molar-refractivity contribution in [3.05, 3.63) is 66.2 Å². The maximum atomic E-state index is 13.3. The van der Waals surface area contributed by atoms with Gasteiger partial charge in [0.15, 0.2) is 0 Å². The smallest absolute Gasteiger partial charge is 0.421 e. The molecule has 2 atom stereocenters. The SMILES string of the molecule is CC(=O)OC[C@@H](C)C1=C[C@H](C#C[Si](C)(C)C)N(C(=O)Oc2ccccc2)c2ccccc21. The monoisotopic (exact) mass is 447 g/mol. The van der Waals surface area contributed by atoms with Crippen LogP contribution in [0.5, 0.6) is 5.75 Å². The van der Waals surface area contributed by atoms with E-state index in [2.05, 4.69) is 31.1 Å². The predicted octanol–water partition coefficient (Wildman–Crippen LogP) is 5.54. The molecule has 6 heteroatoms. The highest BCUT2D eigenvalue weighted by atomic mass is 28.3. The number of nitrogens with zero attached hydrogens (tertiary/aromatic N) is 1. The summed E-state index contributed by atoms with van der Waals surface area (Å²) >= 11 is 0. The van der Waals surface area contributed by atoms with Gasteiger partial charge in [-0.25, -0.2) is 4.79 Å². The summed E-state index contributed by atoms with van der Waals surface area (Å²) in [5.74, 6) is 3.43. The predicted molar refractivity (Wildman–Crippen MR) is 130 cm³/mol. The van der Waals surface area contributed by atoms with Gasteiger partial charge < -0.3 is 9.47 Å². The number of esters is 1. The van der Waals surface area contributed by atoms with Gasteiger partial charge in [-0.3, -0.25) is 9.69 Å². The van der Waals surface area contributed by atoms with E-state index >= 15 is 0 Å². The summed E-state index contributed by atoms with van der Waals surface area (Å²) < 4.78 is 10.9. The number of fused-ring (bicyclic) bond motifs is 1. The van der Waals surface area contributed by atoms with Gasteiger partial charge in [0, 0.05) is 18.4 Å². The Bertz CT molecular complexity index is 1080. The van der Waals surface area contributed by atoms with E-state index in [9.17, 15) is 9.59 Å². The number of para-hydroxylation sites is 2. The van der Waals surface area contributed by atoms with E-state index in [1.807, 2.05) is 55.5 Å². The lowest BCUT2D eigenvalue weighted by Gasteiger charge is -2.34. The fourth-order valence-corrected chi connectivity index (χ4v) is 4.00. The maximum Gasteiger partial charge on any atom is 0.421 e. The average molecular weight is 448 g/mol. The molecular weight excluding hydrogens is 418 g/mol. The first kappa shape index (κ1) is 23.4. The molecule has 0 bridgehead atoms. The number of hydrogen-bond donors (Lipinski definition) is 0. The third-order valence-corrected chi connectivity index (χ3v) is 5.79. The molecule has 0 aromatic heterocycles. The summed E-state index contributed by atoms with van der Waals surface area (Å²) in [6.45, 7) is 10.2. The zero-order valence-electron chi connectivity index (χ0n) is 19.2. The molecule has 32 heavy (non-hydrogen) atoms. The number of ether oxygens (including phenoxy) is 2. The number of carbonyl (C=O) groups is 2. The van der Waals surface area contributed by atoms with Crippen LogP contribution in [0.1, 0.15) is 19.4 Å². The first-order valence-corrected chi connectivity index (χ1v) is 14.2. The third kappa shape index (κ3) is 5.89. The fourth-order valence-electron chi connectivity index (χ4n) is 3.42. The van der Waals surface area contributed by atoms with Gasteiger partial charge in [-0.1, -0.05) is 68.9 Å². The average Bonchev–Trinajstić information content (AvgIpc) is 2.75. The minimum Gasteiger partial charge on any atom is -0.465 e. The van der Waals surface area contributed by atoms with E-state index in [0.29, 0.717) is 5.75 Å². The molecule has 1 aliphatic rings. The summed E-state index contributed by atoms with van der Waals surface area (Å²) in [6, 6.07) is 16.2. The Kier molecular flexibility index (Phi) is 7.21. The molecular formula is C26H29NO4Si. The van der Waals surface area contributed by atoms with E-state index in [1.165, 1.54) is 6.92 Å². The van der Waals surface area contributed by atoms with Crippen molar-refractivity contribution < 1.29 is 19.1 Å². The number of benzene rings is 2. The molecule has 0 aliphatic carbocycles. The van der Waals surface area contributed by atoms with Crippen LogP contribution < -0.4 is 9.64 Å². The van der Waals surface area contributed by atoms with Gasteiger partial charge in [-0.05, 0) is 29.8 Å². The highest BCUT2D eigenvalue weighted by Gasteiger charge is 2.33. The minimum absolute atomic E-state index is 0.0523. The van der Waals surface area contributed by atoms with E-state index in [-0.39, 0.29) is 18.5 Å². The third-order valence-electron chi connectivity index (χ3n) is 4.90. The number of rotatable bonds is 4. The zero-order chi connectivity index (χ0) is 23.3. The van der Waals surface area contributed by atoms with Gasteiger partial charge in [0.2, 0.25) is 0 Å². The molecule has 166 valence electrons. The van der Waals surface area contributed by atoms with Crippen molar-refractivity contribution in [3.8, 4) is 17.2 Å². The normalized spacial score (nSPS) is 16.1. The number of carbonyl (C=O) groups excluding carboxylic acids is 2. The zero-order valence-corrected chi connectivity index (χ0v) is 20.2. The molecule has 1 amide bonds. The van der Waals surface area contributed by atoms with E-state index < -0.39 is 20.2 Å². The second-order valence-electron chi connectivity index (χ2n) is 8.86. The lowest BCUT2D eigenvalue weighted by Crippen LogP contribution is -2.43. The number of hydrogen-bond acceptors (Lipinski definition) is 4. The molecule has 2 aromatic carbocycles. The molecule has 0 N–H and O–H groups in total. The van der Waals surface area contributed by atoms with Gasteiger partial charge in [-0.2, -0.15) is 0 Å². The first-order chi connectivity index (χ1) is 15.2. The lowest BCUT2D eigenvalue weighted by molar-refractivity contribution is -0.141. The van der Waals surface area contributed by atoms with Crippen LogP contribution in [0.3, 0.4) is 0 Å². The Balaban J connectivity index is 2.05. The van der Waals surface area contributed by atoms with E-state index in [0.717, 1.165) is 16.8 Å². The minimum atomic E-state index is -1.69. The summed E-state index contributed by atoms with van der Waals surface area (Å²) in [4.78, 5) is 26.3. The van der Waals surface area contributed by atoms with E-state index in [1.54, 1.807) is 17.0 Å². The summed E-state index contributed by atoms with van der Waals surface area (Å²) in [5.41, 5.74) is 6.03. The van der Waals surface area contributed by atoms with Crippen molar-refractivity contribution in [2.75, 3.05) is 11.5 Å². The number of anilines is 1. The highest BCUT2D eigenvalue weighted by molar-refractivity contribution is 6.83. The van der Waals surface area contributed by atoms with Gasteiger partial charge in [0.25, 0.3) is 0 Å². The van der Waals surface area contributed by atoms with Crippen molar-refractivity contribution >= 4 is 31.4 Å². The molecule has 5 nitrogen and oxygen atoms in total. The summed E-state index contributed by atoms with van der Waals surface area (Å²) in [5, 5.41) is 0. The number of amides is 1. The Labute approximate surface area is 191 Å². The van der Waals surface area contributed by atoms with Crippen molar-refractivity contribution in [1.82, 2.24) is 0 Å². The quantitative estimate of drug-likeness (QED) is 0.351. The lowest BCUT2D eigenvalue weighted by atomic mass is 9.88. The Hall–Kier alpha value is -3.30. The van der Waals surface area contributed by atoms with Gasteiger partial charge in [0.05, 0.1) is 12.3 Å². The van der Waals surface area contributed by atoms with Crippen LogP contribution in [0, 0.1) is 17.4 Å². The van der Waals surface area contributed by atoms with Crippen LogP contribution in [-0.4, -0.2) is 32.8 Å². The molecule has 1 aliphatic heterocycles. The first-order valence-electron chi connectivity index (χ1n) is 10.7. The van der Waals surface area contributed by atoms with Gasteiger partial charge in [-0.15, -0.1) is 5.54 Å². The van der Waals surface area contributed by atoms with Crippen molar-refractivity contribution in [2.24, 2.45) is 5.92 Å². The molecule has 0 radical (unpaired) electrons. The van der Waals surface area contributed by atoms with Crippen LogP contribution in [-0.2, 0) is 9.53 Å². The summed E-state index contributed by atoms with van der Waals surface area (Å²) in [7, 11) is -1.69. The van der Waals surface area contributed by atoms with Crippen LogP contribution in [0.15, 0.2) is 60.7 Å². The maximum absolute atomic E-state index is 13.3. The van der Waals surface area contributed by atoms with Crippen molar-refractivity contribution in [1.29, 1.82) is 0 Å². The summed E-state index contributed by atoms with van der Waals surface area (Å²) in [6.07, 6.45) is 1.51. The molecule has 1 heterocycles. The Morgan fingerprint density at radius 3 is 2.38 bits per heavy atom. The molecule has 0 saturated heterocycles. The Morgan fingerprint density at radius 1 is 1.06 bits per heavy atom. The van der Waals surface area contributed by atoms with Crippen LogP contribution in [0.2, 0.25) is 19.6 Å². The molecule has 0 spiro atoms. The van der Waals surface area contributed by atoms with Crippen molar-refractivity contribution in [3.63, 3.8) is 0 Å². The van der Waals surface area contributed by atoms with Gasteiger partial charge >= 0.3 is 12.1 Å². The topological polar surface area (TPSA) is 55.8 Å². The van der Waals surface area contributed by atoms with E-state index in [4.69, 9.17) is 9.47 Å². The largest absolute Gasteiger partial charge is 0.465 e. The Morgan fingerprint density at radius 2 is 1.72 bits per heavy atom. The molecule has 2 aromatic rings. The fraction of sp³-hybridized carbons (Fsp3) is 0.308. The second-order valence-corrected chi connectivity index (χ2v) is 13.6. The molecule has 0 unspecified atom stereocenters. The molecule has 0 fully saturated rings. The molecule has 0 saturated carbocycles. The van der Waals surface area contributed by atoms with Gasteiger partial charge in [0.1, 0.15) is 19.9 Å². The molecule has 3 rings (SSSR count). The van der Waals surface area contributed by atoms with Crippen molar-refractivity contribution in [2.45, 2.75) is 39.5 Å². The standard InChI is InChI=1S/C26H29NO4Si/c1-19(18-30-20(2)28)24-17-21(15-16-32(3,4)5)27(25-14-10-9-13-23(24)25)26(29)31-22-11-7-6-8-12-22/h6-14,17,19,21H,18H2,1-5H3/t19-,21+/m1/s1. The van der Waals surface area contributed by atoms with Crippen LogP contribution in [0.4, 0.5) is 10.5 Å². The van der Waals surface area contributed by atoms with Crippen LogP contribution >= 0.6 is 0 Å². The second kappa shape index (κ2) is 9.88.